The Morgan fingerprint density at radius 1 is 1.03 bits per heavy atom. The quantitative estimate of drug-likeness (QED) is 0.313. The van der Waals surface area contributed by atoms with Gasteiger partial charge in [0.1, 0.15) is 11.6 Å². The maximum atomic E-state index is 14.4. The summed E-state index contributed by atoms with van der Waals surface area (Å²) >= 11 is 0. The zero-order valence-corrected chi connectivity index (χ0v) is 19.8. The smallest absolute Gasteiger partial charge is 0.416 e. The summed E-state index contributed by atoms with van der Waals surface area (Å²) < 4.78 is 60.5. The van der Waals surface area contributed by atoms with Crippen molar-refractivity contribution in [3.8, 4) is 5.75 Å². The molecular formula is C27H30F4N2O2. The number of Topliss-reactive ketones (excluding diaryl/α,β-unsaturated/α-hetero) is 1. The van der Waals surface area contributed by atoms with Crippen molar-refractivity contribution in [3.63, 3.8) is 0 Å². The van der Waals surface area contributed by atoms with Gasteiger partial charge in [-0.1, -0.05) is 0 Å². The van der Waals surface area contributed by atoms with E-state index in [4.69, 9.17) is 4.74 Å². The molecule has 2 aliphatic carbocycles. The fourth-order valence-electron chi connectivity index (χ4n) is 4.87. The number of halogens is 4. The topological polar surface area (TPSA) is 42.4 Å². The normalized spacial score (nSPS) is 19.7. The van der Waals surface area contributed by atoms with Crippen molar-refractivity contribution in [1.82, 2.24) is 9.88 Å². The highest BCUT2D eigenvalue weighted by Crippen LogP contribution is 2.45. The molecule has 0 radical (unpaired) electrons. The molecule has 3 aliphatic rings. The molecule has 2 saturated carbocycles. The average molecular weight is 491 g/mol. The molecule has 5 rings (SSSR count). The van der Waals surface area contributed by atoms with Crippen LogP contribution in [-0.4, -0.2) is 35.4 Å². The first-order valence-electron chi connectivity index (χ1n) is 12.4. The van der Waals surface area contributed by atoms with Crippen LogP contribution in [0.5, 0.6) is 5.75 Å². The molecule has 0 spiro atoms. The van der Waals surface area contributed by atoms with E-state index < -0.39 is 17.6 Å². The molecule has 3 fully saturated rings. The minimum atomic E-state index is -4.37. The Balaban J connectivity index is 1.18. The van der Waals surface area contributed by atoms with Gasteiger partial charge in [0.05, 0.1) is 23.4 Å². The number of alkyl halides is 3. The van der Waals surface area contributed by atoms with Crippen LogP contribution in [0.3, 0.4) is 0 Å². The molecule has 1 saturated heterocycles. The van der Waals surface area contributed by atoms with E-state index in [1.54, 1.807) is 6.07 Å². The van der Waals surface area contributed by atoms with Gasteiger partial charge in [-0.15, -0.1) is 0 Å². The molecule has 35 heavy (non-hydrogen) atoms. The minimum absolute atomic E-state index is 0.112. The zero-order valence-electron chi connectivity index (χ0n) is 19.8. The van der Waals surface area contributed by atoms with Gasteiger partial charge < -0.3 is 4.74 Å². The number of likely N-dealkylation sites (tertiary alicyclic amines) is 1. The summed E-state index contributed by atoms with van der Waals surface area (Å²) in [7, 11) is 0. The van der Waals surface area contributed by atoms with Gasteiger partial charge in [0.15, 0.2) is 5.78 Å². The lowest BCUT2D eigenvalue weighted by Gasteiger charge is -2.32. The van der Waals surface area contributed by atoms with E-state index in [-0.39, 0.29) is 23.2 Å². The number of rotatable bonds is 8. The number of benzene rings is 1. The summed E-state index contributed by atoms with van der Waals surface area (Å²) in [6, 6.07) is 5.37. The second-order valence-corrected chi connectivity index (χ2v) is 10.3. The largest absolute Gasteiger partial charge is 0.493 e. The molecule has 2 heterocycles. The third kappa shape index (κ3) is 5.85. The Morgan fingerprint density at radius 3 is 2.31 bits per heavy atom. The molecule has 0 amide bonds. The summed E-state index contributed by atoms with van der Waals surface area (Å²) in [5.41, 5.74) is 1.46. The molecule has 0 unspecified atom stereocenters. The number of aromatic nitrogens is 1. The van der Waals surface area contributed by atoms with Crippen molar-refractivity contribution in [2.75, 3.05) is 19.7 Å². The first-order valence-corrected chi connectivity index (χ1v) is 12.4. The van der Waals surface area contributed by atoms with Gasteiger partial charge in [-0.2, -0.15) is 13.2 Å². The van der Waals surface area contributed by atoms with E-state index in [2.05, 4.69) is 9.88 Å². The number of piperidine rings is 1. The highest BCUT2D eigenvalue weighted by Gasteiger charge is 2.35. The summed E-state index contributed by atoms with van der Waals surface area (Å²) in [4.78, 5) is 18.4. The van der Waals surface area contributed by atoms with E-state index in [0.29, 0.717) is 36.2 Å². The van der Waals surface area contributed by atoms with Crippen LogP contribution >= 0.6 is 0 Å². The maximum absolute atomic E-state index is 14.4. The second-order valence-electron chi connectivity index (χ2n) is 10.3. The number of ether oxygens (including phenoxy) is 1. The van der Waals surface area contributed by atoms with Gasteiger partial charge in [0.2, 0.25) is 0 Å². The molecule has 0 atom stereocenters. The number of hydrogen-bond acceptors (Lipinski definition) is 4. The van der Waals surface area contributed by atoms with Gasteiger partial charge >= 0.3 is 6.18 Å². The number of hydrogen-bond donors (Lipinski definition) is 0. The predicted octanol–water partition coefficient (Wildman–Crippen LogP) is 6.49. The lowest BCUT2D eigenvalue weighted by atomic mass is 9.97. The van der Waals surface area contributed by atoms with Gasteiger partial charge in [-0.3, -0.25) is 14.7 Å². The van der Waals surface area contributed by atoms with Crippen LogP contribution in [0.4, 0.5) is 17.6 Å². The third-order valence-electron chi connectivity index (χ3n) is 7.28. The summed E-state index contributed by atoms with van der Waals surface area (Å²) in [6.07, 6.45) is 1.18. The van der Waals surface area contributed by atoms with Crippen LogP contribution in [0.2, 0.25) is 0 Å². The van der Waals surface area contributed by atoms with Crippen molar-refractivity contribution in [2.45, 2.75) is 70.0 Å². The highest BCUT2D eigenvalue weighted by atomic mass is 19.4. The van der Waals surface area contributed by atoms with Crippen molar-refractivity contribution < 1.29 is 27.1 Å². The molecule has 1 aromatic heterocycles. The first kappa shape index (κ1) is 24.2. The van der Waals surface area contributed by atoms with Crippen LogP contribution < -0.4 is 4.74 Å². The molecule has 0 bridgehead atoms. The Hall–Kier alpha value is -2.48. The molecule has 2 aromatic rings. The second kappa shape index (κ2) is 9.52. The van der Waals surface area contributed by atoms with Crippen molar-refractivity contribution in [1.29, 1.82) is 0 Å². The van der Waals surface area contributed by atoms with E-state index in [9.17, 15) is 22.4 Å². The molecule has 8 heteroatoms. The van der Waals surface area contributed by atoms with Crippen molar-refractivity contribution >= 4 is 5.78 Å². The van der Waals surface area contributed by atoms with Crippen molar-refractivity contribution in [2.24, 2.45) is 5.92 Å². The number of carbonyl (C=O) groups is 1. The fourth-order valence-corrected chi connectivity index (χ4v) is 4.87. The number of pyridine rings is 1. The lowest BCUT2D eigenvalue weighted by Crippen LogP contribution is -2.35. The first-order chi connectivity index (χ1) is 16.7. The van der Waals surface area contributed by atoms with Crippen LogP contribution in [0.1, 0.15) is 90.2 Å². The van der Waals surface area contributed by atoms with E-state index in [0.717, 1.165) is 57.2 Å². The third-order valence-corrected chi connectivity index (χ3v) is 7.28. The fraction of sp³-hybridized carbons (Fsp3) is 0.556. The molecule has 4 nitrogen and oxygen atoms in total. The van der Waals surface area contributed by atoms with Crippen molar-refractivity contribution in [3.05, 3.63) is 58.2 Å². The van der Waals surface area contributed by atoms with Crippen LogP contribution in [-0.2, 0) is 12.7 Å². The van der Waals surface area contributed by atoms with E-state index in [1.165, 1.54) is 25.1 Å². The number of nitrogens with zero attached hydrogens (tertiary/aromatic N) is 2. The monoisotopic (exact) mass is 490 g/mol. The lowest BCUT2D eigenvalue weighted by molar-refractivity contribution is -0.137. The molecule has 188 valence electrons. The van der Waals surface area contributed by atoms with E-state index >= 15 is 0 Å². The summed E-state index contributed by atoms with van der Waals surface area (Å²) in [6.45, 7) is 3.72. The minimum Gasteiger partial charge on any atom is -0.493 e. The Bertz CT molecular complexity index is 1100. The van der Waals surface area contributed by atoms with Crippen LogP contribution in [0, 0.1) is 11.7 Å². The van der Waals surface area contributed by atoms with E-state index in [1.807, 2.05) is 0 Å². The average Bonchev–Trinajstić information content (AvgIpc) is 3.70. The van der Waals surface area contributed by atoms with Gasteiger partial charge in [0, 0.05) is 24.2 Å². The predicted molar refractivity (Wildman–Crippen MR) is 123 cm³/mol. The Morgan fingerprint density at radius 2 is 1.71 bits per heavy atom. The molecule has 1 aromatic carbocycles. The SMILES string of the molecule is CC(=O)c1cc(C2CC2)c(OCC2CCN(Cc3cc(C(F)(F)F)cc(C4CC4)n3)CC2)cc1F. The molecule has 1 aliphatic heterocycles. The summed E-state index contributed by atoms with van der Waals surface area (Å²) in [5, 5.41) is 0. The van der Waals surface area contributed by atoms with Crippen LogP contribution in [0.15, 0.2) is 24.3 Å². The van der Waals surface area contributed by atoms with Gasteiger partial charge in [-0.05, 0) is 94.1 Å². The standard InChI is InChI=1S/C27H30F4N2O2/c1-16(34)22-12-23(18-2-3-18)26(13-24(22)28)35-15-17-6-8-33(9-7-17)14-21-10-20(27(29,30)31)11-25(32-21)19-4-5-19/h10-13,17-19H,2-9,14-15H2,1H3. The molecule has 0 N–H and O–H groups in total. The maximum Gasteiger partial charge on any atom is 0.416 e. The Kier molecular flexibility index (Phi) is 6.59. The number of ketones is 1. The van der Waals surface area contributed by atoms with Gasteiger partial charge in [-0.25, -0.2) is 4.39 Å². The molecular weight excluding hydrogens is 460 g/mol. The highest BCUT2D eigenvalue weighted by molar-refractivity contribution is 5.94. The number of carbonyl (C=O) groups excluding carboxylic acids is 1. The zero-order chi connectivity index (χ0) is 24.7. The van der Waals surface area contributed by atoms with Crippen LogP contribution in [0.25, 0.3) is 0 Å². The Labute approximate surface area is 202 Å². The van der Waals surface area contributed by atoms with Gasteiger partial charge in [0.25, 0.3) is 0 Å². The summed E-state index contributed by atoms with van der Waals surface area (Å²) in [5.74, 6) is 0.456.